The lowest BCUT2D eigenvalue weighted by Gasteiger charge is -2.32. The summed E-state index contributed by atoms with van der Waals surface area (Å²) in [6.45, 7) is 4.84. The predicted octanol–water partition coefficient (Wildman–Crippen LogP) is 5.42. The summed E-state index contributed by atoms with van der Waals surface area (Å²) < 4.78 is 33.0. The lowest BCUT2D eigenvalue weighted by molar-refractivity contribution is -0.141. The minimum Gasteiger partial charge on any atom is -0.495 e. The number of rotatable bonds is 15. The normalized spacial score (nSPS) is 12.0. The Morgan fingerprint density at radius 3 is 2.26 bits per heavy atom. The Bertz CT molecular complexity index is 1430. The fourth-order valence-corrected chi connectivity index (χ4v) is 6.04. The number of hydrogen-bond acceptors (Lipinski definition) is 5. The molecule has 0 heterocycles. The molecule has 0 unspecified atom stereocenters. The van der Waals surface area contributed by atoms with Crippen molar-refractivity contribution in [2.24, 2.45) is 5.92 Å². The van der Waals surface area contributed by atoms with Crippen molar-refractivity contribution < 1.29 is 22.7 Å². The van der Waals surface area contributed by atoms with Crippen LogP contribution in [0.1, 0.15) is 37.8 Å². The zero-order chi connectivity index (χ0) is 30.7. The van der Waals surface area contributed by atoms with Gasteiger partial charge in [0, 0.05) is 36.9 Å². The Morgan fingerprint density at radius 2 is 1.62 bits per heavy atom. The van der Waals surface area contributed by atoms with Crippen molar-refractivity contribution in [2.75, 3.05) is 30.8 Å². The highest BCUT2D eigenvalue weighted by Gasteiger charge is 2.31. The van der Waals surface area contributed by atoms with Crippen LogP contribution in [0.5, 0.6) is 5.75 Å². The van der Waals surface area contributed by atoms with Crippen LogP contribution in [0.15, 0.2) is 83.3 Å². The fraction of sp³-hybridized carbons (Fsp3) is 0.375. The van der Waals surface area contributed by atoms with Crippen molar-refractivity contribution >= 4 is 43.5 Å². The van der Waals surface area contributed by atoms with Gasteiger partial charge in [-0.3, -0.25) is 13.9 Å². The van der Waals surface area contributed by atoms with E-state index in [1.165, 1.54) is 11.4 Å². The number of halogens is 1. The summed E-state index contributed by atoms with van der Waals surface area (Å²) >= 11 is 3.50. The molecule has 10 heteroatoms. The average Bonchev–Trinajstić information content (AvgIpc) is 2.95. The molecule has 0 aromatic heterocycles. The maximum absolute atomic E-state index is 13.9. The van der Waals surface area contributed by atoms with Crippen LogP contribution in [0.4, 0.5) is 5.69 Å². The molecule has 0 aliphatic carbocycles. The predicted molar refractivity (Wildman–Crippen MR) is 171 cm³/mol. The van der Waals surface area contributed by atoms with E-state index in [1.54, 1.807) is 29.2 Å². The van der Waals surface area contributed by atoms with E-state index in [0.717, 1.165) is 21.9 Å². The number of amides is 2. The number of methoxy groups -OCH3 is 1. The topological polar surface area (TPSA) is 96.0 Å². The van der Waals surface area contributed by atoms with Crippen molar-refractivity contribution in [1.82, 2.24) is 10.2 Å². The monoisotopic (exact) mass is 657 g/mol. The lowest BCUT2D eigenvalue weighted by Crippen LogP contribution is -2.51. The summed E-state index contributed by atoms with van der Waals surface area (Å²) in [6, 6.07) is 23.4. The summed E-state index contributed by atoms with van der Waals surface area (Å²) in [5.74, 6) is 0.222. The minimum atomic E-state index is -3.65. The van der Waals surface area contributed by atoms with E-state index in [9.17, 15) is 18.0 Å². The van der Waals surface area contributed by atoms with E-state index in [1.807, 2.05) is 68.4 Å². The lowest BCUT2D eigenvalue weighted by atomic mass is 10.0. The van der Waals surface area contributed by atoms with Crippen LogP contribution in [0, 0.1) is 5.92 Å². The number of para-hydroxylation sites is 2. The summed E-state index contributed by atoms with van der Waals surface area (Å²) in [4.78, 5) is 29.2. The Kier molecular flexibility index (Phi) is 12.4. The van der Waals surface area contributed by atoms with Gasteiger partial charge in [-0.1, -0.05) is 84.4 Å². The van der Waals surface area contributed by atoms with Gasteiger partial charge in [0.15, 0.2) is 0 Å². The first-order valence-corrected chi connectivity index (χ1v) is 16.6. The molecule has 1 atom stereocenters. The second kappa shape index (κ2) is 15.7. The molecule has 3 rings (SSSR count). The Hall–Kier alpha value is -3.37. The highest BCUT2D eigenvalue weighted by atomic mass is 79.9. The first kappa shape index (κ1) is 33.1. The largest absolute Gasteiger partial charge is 0.495 e. The van der Waals surface area contributed by atoms with E-state index in [4.69, 9.17) is 4.74 Å². The van der Waals surface area contributed by atoms with Gasteiger partial charge in [0.2, 0.25) is 21.8 Å². The van der Waals surface area contributed by atoms with E-state index in [0.29, 0.717) is 24.4 Å². The van der Waals surface area contributed by atoms with Gasteiger partial charge in [-0.2, -0.15) is 0 Å². The van der Waals surface area contributed by atoms with E-state index >= 15 is 0 Å². The van der Waals surface area contributed by atoms with Gasteiger partial charge in [-0.15, -0.1) is 0 Å². The Morgan fingerprint density at radius 1 is 0.952 bits per heavy atom. The van der Waals surface area contributed by atoms with Crippen LogP contribution >= 0.6 is 15.9 Å². The molecule has 0 aliphatic heterocycles. The number of nitrogens with zero attached hydrogens (tertiary/aromatic N) is 2. The zero-order valence-corrected chi connectivity index (χ0v) is 27.0. The van der Waals surface area contributed by atoms with Gasteiger partial charge in [-0.25, -0.2) is 8.42 Å². The molecule has 226 valence electrons. The summed E-state index contributed by atoms with van der Waals surface area (Å²) in [5, 5.41) is 3.02. The van der Waals surface area contributed by atoms with Crippen LogP contribution in [0.2, 0.25) is 0 Å². The average molecular weight is 659 g/mol. The molecule has 0 saturated heterocycles. The molecule has 0 fully saturated rings. The standard InChI is InChI=1S/C32H40BrN3O5S/c1-24(2)22-34-32(38)29(21-25-12-6-5-7-13-25)35(23-26-14-10-15-27(33)20-26)31(37)18-11-19-36(42(4,39)40)28-16-8-9-17-30(28)41-3/h5-10,12-17,20,24,29H,11,18-19,21-23H2,1-4H3,(H,34,38)/t29-/m0/s1. The number of benzene rings is 3. The molecular formula is C32H40BrN3O5S. The molecule has 8 nitrogen and oxygen atoms in total. The SMILES string of the molecule is COc1ccccc1N(CCCC(=O)N(Cc1cccc(Br)c1)[C@@H](Cc1ccccc1)C(=O)NCC(C)C)S(C)(=O)=O. The van der Waals surface area contributed by atoms with E-state index in [-0.39, 0.29) is 43.7 Å². The maximum atomic E-state index is 13.9. The third-order valence-corrected chi connectivity index (χ3v) is 8.38. The molecule has 0 spiro atoms. The fourth-order valence-electron chi connectivity index (χ4n) is 4.63. The van der Waals surface area contributed by atoms with Gasteiger partial charge in [0.1, 0.15) is 11.8 Å². The molecule has 3 aromatic carbocycles. The second-order valence-corrected chi connectivity index (χ2v) is 13.4. The Balaban J connectivity index is 1.90. The van der Waals surface area contributed by atoms with Gasteiger partial charge >= 0.3 is 0 Å². The van der Waals surface area contributed by atoms with Crippen LogP contribution in [-0.4, -0.2) is 57.6 Å². The van der Waals surface area contributed by atoms with Crippen molar-refractivity contribution in [3.63, 3.8) is 0 Å². The quantitative estimate of drug-likeness (QED) is 0.236. The molecule has 42 heavy (non-hydrogen) atoms. The summed E-state index contributed by atoms with van der Waals surface area (Å²) in [6.07, 6.45) is 1.79. The first-order valence-electron chi connectivity index (χ1n) is 14.0. The number of anilines is 1. The third kappa shape index (κ3) is 9.87. The zero-order valence-electron chi connectivity index (χ0n) is 24.6. The smallest absolute Gasteiger partial charge is 0.243 e. The first-order chi connectivity index (χ1) is 20.0. The van der Waals surface area contributed by atoms with Crippen molar-refractivity contribution in [2.45, 2.75) is 45.7 Å². The number of carbonyl (C=O) groups excluding carboxylic acids is 2. The summed E-state index contributed by atoms with van der Waals surface area (Å²) in [7, 11) is -2.16. The number of carbonyl (C=O) groups is 2. The molecule has 0 saturated carbocycles. The van der Waals surface area contributed by atoms with Gasteiger partial charge in [0.25, 0.3) is 0 Å². The van der Waals surface area contributed by atoms with Crippen LogP contribution in [0.3, 0.4) is 0 Å². The van der Waals surface area contributed by atoms with Crippen LogP contribution in [0.25, 0.3) is 0 Å². The molecule has 0 aliphatic rings. The number of sulfonamides is 1. The second-order valence-electron chi connectivity index (χ2n) is 10.6. The van der Waals surface area contributed by atoms with E-state index < -0.39 is 16.1 Å². The van der Waals surface area contributed by atoms with Gasteiger partial charge < -0.3 is 15.0 Å². The summed E-state index contributed by atoms with van der Waals surface area (Å²) in [5.41, 5.74) is 2.23. The molecule has 3 aromatic rings. The highest BCUT2D eigenvalue weighted by Crippen LogP contribution is 2.30. The highest BCUT2D eigenvalue weighted by molar-refractivity contribution is 9.10. The van der Waals surface area contributed by atoms with Crippen molar-refractivity contribution in [1.29, 1.82) is 0 Å². The molecule has 1 N–H and O–H groups in total. The van der Waals surface area contributed by atoms with Crippen LogP contribution in [-0.2, 0) is 32.6 Å². The van der Waals surface area contributed by atoms with Gasteiger partial charge in [0.05, 0.1) is 19.1 Å². The molecule has 0 bridgehead atoms. The minimum absolute atomic E-state index is 0.0535. The number of hydrogen-bond donors (Lipinski definition) is 1. The molecule has 0 radical (unpaired) electrons. The maximum Gasteiger partial charge on any atom is 0.243 e. The van der Waals surface area contributed by atoms with Gasteiger partial charge in [-0.05, 0) is 47.7 Å². The number of nitrogens with one attached hydrogen (secondary N) is 1. The van der Waals surface area contributed by atoms with Crippen molar-refractivity contribution in [3.05, 3.63) is 94.5 Å². The van der Waals surface area contributed by atoms with Crippen LogP contribution < -0.4 is 14.4 Å². The molecule has 2 amide bonds. The third-order valence-electron chi connectivity index (χ3n) is 6.70. The van der Waals surface area contributed by atoms with E-state index in [2.05, 4.69) is 21.2 Å². The Labute approximate surface area is 258 Å². The van der Waals surface area contributed by atoms with Crippen molar-refractivity contribution in [3.8, 4) is 5.75 Å². The number of ether oxygens (including phenoxy) is 1. The molecular weight excluding hydrogens is 618 g/mol.